The molecule has 12 heavy (non-hydrogen) atoms. The third-order valence-corrected chi connectivity index (χ3v) is 3.37. The molecule has 1 fully saturated rings. The Bertz CT molecular complexity index is 162. The molecular weight excluding hydrogens is 172 g/mol. The minimum atomic E-state index is -0.430. The van der Waals surface area contributed by atoms with Gasteiger partial charge in [0.05, 0.1) is 0 Å². The summed E-state index contributed by atoms with van der Waals surface area (Å²) in [5.74, 6) is 2.10. The van der Waals surface area contributed by atoms with E-state index in [9.17, 15) is 4.79 Å². The van der Waals surface area contributed by atoms with Crippen LogP contribution in [0, 0.1) is 0 Å². The lowest BCUT2D eigenvalue weighted by atomic mass is 9.99. The molecule has 1 saturated heterocycles. The maximum absolute atomic E-state index is 11.3. The minimum absolute atomic E-state index is 0.195. The molecule has 3 heteroatoms. The molecule has 0 aromatic rings. The number of rotatable bonds is 4. The van der Waals surface area contributed by atoms with E-state index in [1.165, 1.54) is 0 Å². The van der Waals surface area contributed by atoms with Gasteiger partial charge in [0.1, 0.15) is 5.60 Å². The van der Waals surface area contributed by atoms with Crippen LogP contribution in [0.15, 0.2) is 0 Å². The summed E-state index contributed by atoms with van der Waals surface area (Å²) in [5.41, 5.74) is -0.430. The average molecular weight is 188 g/mol. The number of hydrogen-bond acceptors (Lipinski definition) is 3. The Morgan fingerprint density at radius 2 is 2.42 bits per heavy atom. The number of Topliss-reactive ketones (excluding diaryl/α,β-unsaturated/α-hetero) is 1. The SMILES string of the molecule is CCCOC1(C(C)=O)CCSC1. The standard InChI is InChI=1S/C9H16O2S/c1-3-5-11-9(8(2)10)4-6-12-7-9/h3-7H2,1-2H3. The molecule has 1 aliphatic heterocycles. The molecule has 0 aromatic heterocycles. The summed E-state index contributed by atoms with van der Waals surface area (Å²) >= 11 is 1.81. The second-order valence-corrected chi connectivity index (χ2v) is 4.31. The van der Waals surface area contributed by atoms with Crippen LogP contribution in [-0.2, 0) is 9.53 Å². The van der Waals surface area contributed by atoms with Gasteiger partial charge in [-0.2, -0.15) is 11.8 Å². The van der Waals surface area contributed by atoms with Crippen molar-refractivity contribution in [2.45, 2.75) is 32.3 Å². The Labute approximate surface area is 78.1 Å². The van der Waals surface area contributed by atoms with Gasteiger partial charge in [-0.1, -0.05) is 6.92 Å². The van der Waals surface area contributed by atoms with Gasteiger partial charge >= 0.3 is 0 Å². The quantitative estimate of drug-likeness (QED) is 0.674. The van der Waals surface area contributed by atoms with Gasteiger partial charge in [0.2, 0.25) is 0 Å². The van der Waals surface area contributed by atoms with E-state index in [0.717, 1.165) is 24.3 Å². The van der Waals surface area contributed by atoms with Gasteiger partial charge in [0.25, 0.3) is 0 Å². The fourth-order valence-corrected chi connectivity index (χ4v) is 2.72. The van der Waals surface area contributed by atoms with Crippen LogP contribution in [0.4, 0.5) is 0 Å². The number of ether oxygens (including phenoxy) is 1. The first-order valence-corrected chi connectivity index (χ1v) is 5.59. The van der Waals surface area contributed by atoms with Crippen LogP contribution in [-0.4, -0.2) is 29.5 Å². The highest BCUT2D eigenvalue weighted by Gasteiger charge is 2.39. The van der Waals surface area contributed by atoms with Gasteiger partial charge in [-0.3, -0.25) is 4.79 Å². The van der Waals surface area contributed by atoms with Crippen LogP contribution >= 0.6 is 11.8 Å². The molecule has 70 valence electrons. The molecule has 0 spiro atoms. The second-order valence-electron chi connectivity index (χ2n) is 3.20. The Morgan fingerprint density at radius 3 is 2.83 bits per heavy atom. The fraction of sp³-hybridized carbons (Fsp3) is 0.889. The highest BCUT2D eigenvalue weighted by molar-refractivity contribution is 7.99. The second kappa shape index (κ2) is 4.28. The van der Waals surface area contributed by atoms with Crippen molar-refractivity contribution in [3.8, 4) is 0 Å². The summed E-state index contributed by atoms with van der Waals surface area (Å²) in [5, 5.41) is 0. The van der Waals surface area contributed by atoms with E-state index in [-0.39, 0.29) is 5.78 Å². The van der Waals surface area contributed by atoms with E-state index in [1.807, 2.05) is 11.8 Å². The van der Waals surface area contributed by atoms with Crippen molar-refractivity contribution in [2.75, 3.05) is 18.1 Å². The maximum atomic E-state index is 11.3. The predicted molar refractivity (Wildman–Crippen MR) is 51.6 cm³/mol. The van der Waals surface area contributed by atoms with E-state index in [1.54, 1.807) is 6.92 Å². The molecule has 0 bridgehead atoms. The number of carbonyl (C=O) groups excluding carboxylic acids is 1. The monoisotopic (exact) mass is 188 g/mol. The normalized spacial score (nSPS) is 29.2. The van der Waals surface area contributed by atoms with Crippen molar-refractivity contribution in [3.63, 3.8) is 0 Å². The Hall–Kier alpha value is -0.0200. The van der Waals surface area contributed by atoms with Gasteiger partial charge in [-0.15, -0.1) is 0 Å². The first kappa shape index (κ1) is 10.1. The highest BCUT2D eigenvalue weighted by atomic mass is 32.2. The summed E-state index contributed by atoms with van der Waals surface area (Å²) < 4.78 is 5.63. The molecule has 0 saturated carbocycles. The molecule has 1 unspecified atom stereocenters. The van der Waals surface area contributed by atoms with Gasteiger partial charge < -0.3 is 4.74 Å². The summed E-state index contributed by atoms with van der Waals surface area (Å²) in [6.07, 6.45) is 1.88. The Kier molecular flexibility index (Phi) is 3.59. The summed E-state index contributed by atoms with van der Waals surface area (Å²) in [6.45, 7) is 4.41. The Balaban J connectivity index is 2.53. The summed E-state index contributed by atoms with van der Waals surface area (Å²) in [6, 6.07) is 0. The van der Waals surface area contributed by atoms with Crippen LogP contribution < -0.4 is 0 Å². The van der Waals surface area contributed by atoms with E-state index in [0.29, 0.717) is 6.61 Å². The molecule has 0 radical (unpaired) electrons. The van der Waals surface area contributed by atoms with Gasteiger partial charge in [-0.25, -0.2) is 0 Å². The van der Waals surface area contributed by atoms with Gasteiger partial charge in [0.15, 0.2) is 5.78 Å². The largest absolute Gasteiger partial charge is 0.366 e. The molecule has 0 aliphatic carbocycles. The van der Waals surface area contributed by atoms with E-state index < -0.39 is 5.60 Å². The molecular formula is C9H16O2S. The molecule has 0 N–H and O–H groups in total. The van der Waals surface area contributed by atoms with E-state index >= 15 is 0 Å². The lowest BCUT2D eigenvalue weighted by Crippen LogP contribution is -2.40. The average Bonchev–Trinajstić information content (AvgIpc) is 2.50. The molecule has 0 amide bonds. The summed E-state index contributed by atoms with van der Waals surface area (Å²) in [7, 11) is 0. The zero-order valence-electron chi connectivity index (χ0n) is 7.76. The highest BCUT2D eigenvalue weighted by Crippen LogP contribution is 2.32. The Morgan fingerprint density at radius 1 is 1.67 bits per heavy atom. The zero-order chi connectivity index (χ0) is 9.03. The molecule has 1 heterocycles. The maximum Gasteiger partial charge on any atom is 0.162 e. The van der Waals surface area contributed by atoms with Gasteiger partial charge in [0, 0.05) is 12.4 Å². The molecule has 1 atom stereocenters. The number of thioether (sulfide) groups is 1. The molecule has 2 nitrogen and oxygen atoms in total. The van der Waals surface area contributed by atoms with E-state index in [4.69, 9.17) is 4.74 Å². The lowest BCUT2D eigenvalue weighted by molar-refractivity contribution is -0.139. The minimum Gasteiger partial charge on any atom is -0.366 e. The molecule has 0 aromatic carbocycles. The van der Waals surface area contributed by atoms with Crippen molar-refractivity contribution in [3.05, 3.63) is 0 Å². The van der Waals surface area contributed by atoms with Crippen molar-refractivity contribution in [1.82, 2.24) is 0 Å². The van der Waals surface area contributed by atoms with Crippen LogP contribution in [0.3, 0.4) is 0 Å². The van der Waals surface area contributed by atoms with Crippen LogP contribution in [0.25, 0.3) is 0 Å². The number of ketones is 1. The van der Waals surface area contributed by atoms with Crippen LogP contribution in [0.1, 0.15) is 26.7 Å². The van der Waals surface area contributed by atoms with Crippen LogP contribution in [0.5, 0.6) is 0 Å². The zero-order valence-corrected chi connectivity index (χ0v) is 8.58. The van der Waals surface area contributed by atoms with Gasteiger partial charge in [-0.05, 0) is 25.5 Å². The van der Waals surface area contributed by atoms with Crippen LogP contribution in [0.2, 0.25) is 0 Å². The lowest BCUT2D eigenvalue weighted by Gasteiger charge is -2.25. The summed E-state index contributed by atoms with van der Waals surface area (Å²) in [4.78, 5) is 11.3. The van der Waals surface area contributed by atoms with Crippen molar-refractivity contribution in [1.29, 1.82) is 0 Å². The third kappa shape index (κ3) is 2.02. The first-order chi connectivity index (χ1) is 5.71. The molecule has 1 rings (SSSR count). The number of carbonyl (C=O) groups is 1. The number of hydrogen-bond donors (Lipinski definition) is 0. The van der Waals surface area contributed by atoms with Crippen molar-refractivity contribution < 1.29 is 9.53 Å². The molecule has 1 aliphatic rings. The predicted octanol–water partition coefficient (Wildman–Crippen LogP) is 1.88. The third-order valence-electron chi connectivity index (χ3n) is 2.21. The fourth-order valence-electron chi connectivity index (χ4n) is 1.34. The van der Waals surface area contributed by atoms with E-state index in [2.05, 4.69) is 6.92 Å². The first-order valence-electron chi connectivity index (χ1n) is 4.44. The smallest absolute Gasteiger partial charge is 0.162 e. The van der Waals surface area contributed by atoms with Crippen molar-refractivity contribution >= 4 is 17.5 Å². The van der Waals surface area contributed by atoms with Crippen molar-refractivity contribution in [2.24, 2.45) is 0 Å². The topological polar surface area (TPSA) is 26.3 Å².